The lowest BCUT2D eigenvalue weighted by Crippen LogP contribution is -2.48. The molecule has 0 N–H and O–H groups in total. The lowest BCUT2D eigenvalue weighted by Gasteiger charge is -2.34. The summed E-state index contributed by atoms with van der Waals surface area (Å²) in [6, 6.07) is 16.3. The van der Waals surface area contributed by atoms with Crippen molar-refractivity contribution in [2.75, 3.05) is 38.2 Å². The molecule has 1 amide bonds. The van der Waals surface area contributed by atoms with Gasteiger partial charge < -0.3 is 14.5 Å². The molecule has 1 aliphatic heterocycles. The Bertz CT molecular complexity index is 1290. The summed E-state index contributed by atoms with van der Waals surface area (Å²) in [5.74, 6) is 1.05. The zero-order valence-corrected chi connectivity index (χ0v) is 20.6. The van der Waals surface area contributed by atoms with E-state index in [1.54, 1.807) is 18.4 Å². The van der Waals surface area contributed by atoms with Gasteiger partial charge in [0.15, 0.2) is 10.8 Å². The summed E-state index contributed by atoms with van der Waals surface area (Å²) in [6.07, 6.45) is 1.27. The molecule has 5 rings (SSSR count). The number of aryl methyl sites for hydroxylation is 3. The summed E-state index contributed by atoms with van der Waals surface area (Å²) in [7, 11) is 1.66. The molecular weight excluding hydrogens is 446 g/mol. The zero-order chi connectivity index (χ0) is 23.7. The van der Waals surface area contributed by atoms with Crippen molar-refractivity contribution in [3.05, 3.63) is 65.4 Å². The maximum absolute atomic E-state index is 12.8. The van der Waals surface area contributed by atoms with Crippen molar-refractivity contribution in [3.63, 3.8) is 0 Å². The highest BCUT2D eigenvalue weighted by molar-refractivity contribution is 7.22. The van der Waals surface area contributed by atoms with Gasteiger partial charge in [-0.1, -0.05) is 41.2 Å². The first-order valence-corrected chi connectivity index (χ1v) is 12.4. The normalized spacial score (nSPS) is 14.1. The molecule has 2 aromatic heterocycles. The fraction of sp³-hybridized carbons (Fsp3) is 0.346. The second-order valence-electron chi connectivity index (χ2n) is 8.70. The first-order valence-electron chi connectivity index (χ1n) is 11.6. The van der Waals surface area contributed by atoms with Crippen LogP contribution in [0.4, 0.5) is 5.13 Å². The van der Waals surface area contributed by atoms with Gasteiger partial charge in [-0.15, -0.1) is 0 Å². The van der Waals surface area contributed by atoms with Gasteiger partial charge in [-0.3, -0.25) is 4.79 Å². The molecule has 0 saturated carbocycles. The van der Waals surface area contributed by atoms with Gasteiger partial charge in [-0.2, -0.15) is 10.1 Å². The number of aromatic nitrogens is 3. The fourth-order valence-electron chi connectivity index (χ4n) is 4.27. The number of benzene rings is 2. The van der Waals surface area contributed by atoms with Crippen LogP contribution in [0, 0.1) is 13.8 Å². The molecule has 0 unspecified atom stereocenters. The lowest BCUT2D eigenvalue weighted by atomic mass is 10.1. The predicted molar refractivity (Wildman–Crippen MR) is 136 cm³/mol. The van der Waals surface area contributed by atoms with Gasteiger partial charge in [0.25, 0.3) is 0 Å². The van der Waals surface area contributed by atoms with Gasteiger partial charge >= 0.3 is 0 Å². The van der Waals surface area contributed by atoms with Crippen LogP contribution in [-0.2, 0) is 11.2 Å². The van der Waals surface area contributed by atoms with Gasteiger partial charge in [0.1, 0.15) is 5.75 Å². The molecule has 2 aromatic carbocycles. The summed E-state index contributed by atoms with van der Waals surface area (Å²) in [6.45, 7) is 7.15. The Kier molecular flexibility index (Phi) is 6.24. The van der Waals surface area contributed by atoms with Crippen LogP contribution in [-0.4, -0.2) is 58.9 Å². The summed E-state index contributed by atoms with van der Waals surface area (Å²) >= 11 is 1.69. The molecule has 0 bridgehead atoms. The molecule has 4 aromatic rings. The Morgan fingerprint density at radius 3 is 2.38 bits per heavy atom. The largest absolute Gasteiger partial charge is 0.497 e. The minimum Gasteiger partial charge on any atom is -0.497 e. The Balaban J connectivity index is 1.22. The van der Waals surface area contributed by atoms with E-state index in [0.29, 0.717) is 6.42 Å². The molecule has 8 heteroatoms. The molecule has 3 heterocycles. The van der Waals surface area contributed by atoms with Crippen molar-refractivity contribution in [1.82, 2.24) is 19.7 Å². The van der Waals surface area contributed by atoms with Crippen molar-refractivity contribution >= 4 is 32.7 Å². The number of piperazine rings is 1. The molecule has 34 heavy (non-hydrogen) atoms. The van der Waals surface area contributed by atoms with E-state index < -0.39 is 0 Å². The third kappa shape index (κ3) is 4.50. The monoisotopic (exact) mass is 475 g/mol. The summed E-state index contributed by atoms with van der Waals surface area (Å²) in [4.78, 5) is 22.0. The number of rotatable bonds is 6. The van der Waals surface area contributed by atoms with Gasteiger partial charge in [0.2, 0.25) is 5.91 Å². The average Bonchev–Trinajstić information content (AvgIpc) is 3.44. The van der Waals surface area contributed by atoms with Crippen LogP contribution in [0.15, 0.2) is 48.5 Å². The van der Waals surface area contributed by atoms with Crippen LogP contribution in [0.3, 0.4) is 0 Å². The number of hydrogen-bond acceptors (Lipinski definition) is 6. The second-order valence-corrected chi connectivity index (χ2v) is 9.68. The van der Waals surface area contributed by atoms with E-state index in [0.717, 1.165) is 70.8 Å². The summed E-state index contributed by atoms with van der Waals surface area (Å²) in [5, 5.41) is 5.71. The third-order valence-corrected chi connectivity index (χ3v) is 7.56. The van der Waals surface area contributed by atoms with Crippen molar-refractivity contribution in [1.29, 1.82) is 0 Å². The maximum atomic E-state index is 12.8. The number of fused-ring (bicyclic) bond motifs is 1. The summed E-state index contributed by atoms with van der Waals surface area (Å²) in [5.41, 5.74) is 5.29. The number of methoxy groups -OCH3 is 1. The van der Waals surface area contributed by atoms with Crippen LogP contribution >= 0.6 is 11.3 Å². The van der Waals surface area contributed by atoms with Crippen LogP contribution in [0.25, 0.3) is 16.0 Å². The average molecular weight is 476 g/mol. The van der Waals surface area contributed by atoms with E-state index in [-0.39, 0.29) is 5.91 Å². The molecule has 1 fully saturated rings. The molecule has 0 aliphatic carbocycles. The molecule has 1 aliphatic rings. The number of thiazole rings is 1. The van der Waals surface area contributed by atoms with Gasteiger partial charge in [-0.05, 0) is 50.1 Å². The zero-order valence-electron chi connectivity index (χ0n) is 19.8. The van der Waals surface area contributed by atoms with Crippen LogP contribution < -0.4 is 9.64 Å². The van der Waals surface area contributed by atoms with Crippen molar-refractivity contribution in [2.45, 2.75) is 26.7 Å². The molecule has 1 saturated heterocycles. The van der Waals surface area contributed by atoms with E-state index in [1.165, 1.54) is 5.56 Å². The number of ether oxygens (including phenoxy) is 1. The maximum Gasteiger partial charge on any atom is 0.223 e. The Hall–Kier alpha value is -3.39. The third-order valence-electron chi connectivity index (χ3n) is 6.35. The quantitative estimate of drug-likeness (QED) is 0.414. The Morgan fingerprint density at radius 2 is 1.71 bits per heavy atom. The number of amides is 1. The molecular formula is C26H29N5O2S. The fourth-order valence-corrected chi connectivity index (χ4v) is 5.31. The lowest BCUT2D eigenvalue weighted by molar-refractivity contribution is -0.131. The van der Waals surface area contributed by atoms with Gasteiger partial charge in [0.05, 0.1) is 23.2 Å². The van der Waals surface area contributed by atoms with E-state index in [4.69, 9.17) is 14.8 Å². The number of nitrogens with zero attached hydrogens (tertiary/aromatic N) is 5. The van der Waals surface area contributed by atoms with E-state index in [1.807, 2.05) is 40.8 Å². The molecule has 0 radical (unpaired) electrons. The number of carbonyl (C=O) groups is 1. The summed E-state index contributed by atoms with van der Waals surface area (Å²) < 4.78 is 8.25. The highest BCUT2D eigenvalue weighted by Gasteiger charge is 2.24. The number of hydrogen-bond donors (Lipinski definition) is 0. The smallest absolute Gasteiger partial charge is 0.223 e. The molecule has 176 valence electrons. The molecule has 0 atom stereocenters. The number of carbonyl (C=O) groups excluding carboxylic acids is 1. The second kappa shape index (κ2) is 9.46. The van der Waals surface area contributed by atoms with Crippen LogP contribution in [0.5, 0.6) is 5.75 Å². The minimum atomic E-state index is 0.214. The first kappa shape index (κ1) is 22.4. The SMILES string of the molecule is COc1ccc(CCC(=O)N2CCN(c3nc4c(s3)c(C)nn4-c3ccc(C)cc3)CC2)cc1. The number of anilines is 1. The van der Waals surface area contributed by atoms with E-state index in [2.05, 4.69) is 36.1 Å². The highest BCUT2D eigenvalue weighted by atomic mass is 32.1. The standard InChI is InChI=1S/C26H29N5O2S/c1-18-4-9-21(10-5-18)31-25-24(19(2)28-31)34-26(27-25)30-16-14-29(15-17-30)23(32)13-8-20-6-11-22(33-3)12-7-20/h4-7,9-12H,8,13-17H2,1-3H3. The van der Waals surface area contributed by atoms with Crippen molar-refractivity contribution < 1.29 is 9.53 Å². The van der Waals surface area contributed by atoms with Crippen LogP contribution in [0.1, 0.15) is 23.2 Å². The van der Waals surface area contributed by atoms with Gasteiger partial charge in [-0.25, -0.2) is 4.68 Å². The van der Waals surface area contributed by atoms with E-state index in [9.17, 15) is 4.79 Å². The van der Waals surface area contributed by atoms with Crippen molar-refractivity contribution in [3.8, 4) is 11.4 Å². The first-order chi connectivity index (χ1) is 16.5. The van der Waals surface area contributed by atoms with E-state index >= 15 is 0 Å². The van der Waals surface area contributed by atoms with Crippen molar-refractivity contribution in [2.24, 2.45) is 0 Å². The predicted octanol–water partition coefficient (Wildman–Crippen LogP) is 4.39. The Labute approximate surface area is 203 Å². The molecule has 0 spiro atoms. The van der Waals surface area contributed by atoms with Crippen LogP contribution in [0.2, 0.25) is 0 Å². The minimum absolute atomic E-state index is 0.214. The highest BCUT2D eigenvalue weighted by Crippen LogP contribution is 2.33. The topological polar surface area (TPSA) is 63.5 Å². The molecule has 7 nitrogen and oxygen atoms in total. The Morgan fingerprint density at radius 1 is 1.00 bits per heavy atom. The van der Waals surface area contributed by atoms with Gasteiger partial charge in [0, 0.05) is 32.6 Å².